The second-order valence-electron chi connectivity index (χ2n) is 7.16. The summed E-state index contributed by atoms with van der Waals surface area (Å²) in [6.45, 7) is 0. The van der Waals surface area contributed by atoms with E-state index in [2.05, 4.69) is 22.4 Å². The fourth-order valence-electron chi connectivity index (χ4n) is 3.82. The lowest BCUT2D eigenvalue weighted by molar-refractivity contribution is 0.100. The SMILES string of the molecule is NC(=O)c1ccc(-c2nccc3ccccc23)cc1NC1CCC(O)CC1. The molecule has 0 atom stereocenters. The Morgan fingerprint density at radius 1 is 1.07 bits per heavy atom. The quantitative estimate of drug-likeness (QED) is 0.661. The smallest absolute Gasteiger partial charge is 0.250 e. The normalized spacial score (nSPS) is 19.7. The Morgan fingerprint density at radius 2 is 1.85 bits per heavy atom. The van der Waals surface area contributed by atoms with Crippen LogP contribution in [0.15, 0.2) is 54.7 Å². The molecule has 1 heterocycles. The monoisotopic (exact) mass is 361 g/mol. The minimum atomic E-state index is -0.453. The highest BCUT2D eigenvalue weighted by atomic mass is 16.3. The molecule has 1 amide bonds. The zero-order valence-corrected chi connectivity index (χ0v) is 15.1. The first-order chi connectivity index (χ1) is 13.1. The van der Waals surface area contributed by atoms with Crippen LogP contribution in [-0.4, -0.2) is 28.1 Å². The van der Waals surface area contributed by atoms with Crippen molar-refractivity contribution in [3.8, 4) is 11.3 Å². The van der Waals surface area contributed by atoms with Gasteiger partial charge in [0.2, 0.25) is 0 Å². The summed E-state index contributed by atoms with van der Waals surface area (Å²) in [7, 11) is 0. The van der Waals surface area contributed by atoms with Crippen molar-refractivity contribution in [2.24, 2.45) is 5.73 Å². The first kappa shape index (κ1) is 17.5. The first-order valence-corrected chi connectivity index (χ1v) is 9.34. The molecule has 1 aliphatic carbocycles. The molecule has 0 unspecified atom stereocenters. The van der Waals surface area contributed by atoms with Gasteiger partial charge in [-0.25, -0.2) is 0 Å². The fraction of sp³-hybridized carbons (Fsp3) is 0.273. The summed E-state index contributed by atoms with van der Waals surface area (Å²) in [4.78, 5) is 16.5. The van der Waals surface area contributed by atoms with Crippen molar-refractivity contribution in [2.75, 3.05) is 5.32 Å². The van der Waals surface area contributed by atoms with Crippen LogP contribution >= 0.6 is 0 Å². The summed E-state index contributed by atoms with van der Waals surface area (Å²) < 4.78 is 0. The number of benzene rings is 2. The third-order valence-corrected chi connectivity index (χ3v) is 5.29. The Morgan fingerprint density at radius 3 is 2.63 bits per heavy atom. The number of pyridine rings is 1. The van der Waals surface area contributed by atoms with Gasteiger partial charge in [0.15, 0.2) is 0 Å². The van der Waals surface area contributed by atoms with E-state index in [-0.39, 0.29) is 12.1 Å². The zero-order valence-electron chi connectivity index (χ0n) is 15.1. The largest absolute Gasteiger partial charge is 0.393 e. The maximum Gasteiger partial charge on any atom is 0.250 e. The Balaban J connectivity index is 1.73. The van der Waals surface area contributed by atoms with E-state index >= 15 is 0 Å². The van der Waals surface area contributed by atoms with E-state index in [1.54, 1.807) is 12.3 Å². The Bertz CT molecular complexity index is 973. The van der Waals surface area contributed by atoms with Crippen LogP contribution in [0.1, 0.15) is 36.0 Å². The molecule has 5 nitrogen and oxygen atoms in total. The molecule has 4 rings (SSSR count). The van der Waals surface area contributed by atoms with Gasteiger partial charge in [0.25, 0.3) is 5.91 Å². The van der Waals surface area contributed by atoms with Crippen molar-refractivity contribution in [1.82, 2.24) is 4.98 Å². The molecular formula is C22H23N3O2. The van der Waals surface area contributed by atoms with Gasteiger partial charge in [-0.3, -0.25) is 9.78 Å². The lowest BCUT2D eigenvalue weighted by atomic mass is 9.92. The highest BCUT2D eigenvalue weighted by Gasteiger charge is 2.21. The predicted octanol–water partition coefficient (Wildman–Crippen LogP) is 3.72. The molecule has 0 saturated heterocycles. The van der Waals surface area contributed by atoms with Crippen molar-refractivity contribution < 1.29 is 9.90 Å². The summed E-state index contributed by atoms with van der Waals surface area (Å²) in [5, 5.41) is 15.4. The van der Waals surface area contributed by atoms with E-state index in [4.69, 9.17) is 5.73 Å². The molecule has 0 aliphatic heterocycles. The minimum absolute atomic E-state index is 0.218. The van der Waals surface area contributed by atoms with Gasteiger partial charge in [0.05, 0.1) is 17.4 Å². The van der Waals surface area contributed by atoms with Gasteiger partial charge in [-0.1, -0.05) is 30.3 Å². The van der Waals surface area contributed by atoms with Crippen molar-refractivity contribution in [1.29, 1.82) is 0 Å². The molecule has 138 valence electrons. The summed E-state index contributed by atoms with van der Waals surface area (Å²) >= 11 is 0. The Hall–Kier alpha value is -2.92. The molecule has 1 aromatic heterocycles. The molecule has 5 heteroatoms. The van der Waals surface area contributed by atoms with Crippen molar-refractivity contribution >= 4 is 22.4 Å². The van der Waals surface area contributed by atoms with Gasteiger partial charge >= 0.3 is 0 Å². The Labute approximate surface area is 158 Å². The van der Waals surface area contributed by atoms with Gasteiger partial charge in [-0.2, -0.15) is 0 Å². The van der Waals surface area contributed by atoms with E-state index in [1.165, 1.54) is 0 Å². The number of amides is 1. The lowest BCUT2D eigenvalue weighted by Crippen LogP contribution is -2.29. The summed E-state index contributed by atoms with van der Waals surface area (Å²) in [6, 6.07) is 15.9. The van der Waals surface area contributed by atoms with Gasteiger partial charge < -0.3 is 16.2 Å². The molecule has 1 saturated carbocycles. The van der Waals surface area contributed by atoms with Crippen LogP contribution in [0.2, 0.25) is 0 Å². The number of aliphatic hydroxyl groups excluding tert-OH is 1. The Kier molecular flexibility index (Phi) is 4.77. The average Bonchev–Trinajstić information content (AvgIpc) is 2.69. The number of carbonyl (C=O) groups is 1. The molecule has 0 bridgehead atoms. The van der Waals surface area contributed by atoms with Gasteiger partial charge in [-0.15, -0.1) is 0 Å². The number of nitrogens with two attached hydrogens (primary N) is 1. The molecule has 1 aliphatic rings. The van der Waals surface area contributed by atoms with E-state index in [0.29, 0.717) is 5.56 Å². The van der Waals surface area contributed by atoms with Crippen molar-refractivity contribution in [3.05, 3.63) is 60.3 Å². The minimum Gasteiger partial charge on any atom is -0.393 e. The second-order valence-corrected chi connectivity index (χ2v) is 7.16. The van der Waals surface area contributed by atoms with Gasteiger partial charge in [-0.05, 0) is 49.3 Å². The number of nitrogens with zero attached hydrogens (tertiary/aromatic N) is 1. The van der Waals surface area contributed by atoms with Crippen LogP contribution < -0.4 is 11.1 Å². The maximum absolute atomic E-state index is 11.9. The third kappa shape index (κ3) is 3.64. The standard InChI is InChI=1S/C22H23N3O2/c23-22(27)19-10-5-15(13-20(19)25-16-6-8-17(26)9-7-16)21-18-4-2-1-3-14(18)11-12-24-21/h1-5,10-13,16-17,25-26H,6-9H2,(H2,23,27). The van der Waals surface area contributed by atoms with Crippen LogP contribution in [0, 0.1) is 0 Å². The van der Waals surface area contributed by atoms with Crippen LogP contribution in [0.4, 0.5) is 5.69 Å². The topological polar surface area (TPSA) is 88.2 Å². The maximum atomic E-state index is 11.9. The highest BCUT2D eigenvalue weighted by Crippen LogP contribution is 2.31. The summed E-state index contributed by atoms with van der Waals surface area (Å²) in [5.41, 5.74) is 8.62. The average molecular weight is 361 g/mol. The summed E-state index contributed by atoms with van der Waals surface area (Å²) in [6.07, 6.45) is 4.87. The van der Waals surface area contributed by atoms with Crippen LogP contribution in [0.3, 0.4) is 0 Å². The number of hydrogen-bond donors (Lipinski definition) is 3. The molecule has 4 N–H and O–H groups in total. The molecule has 1 fully saturated rings. The van der Waals surface area contributed by atoms with Crippen LogP contribution in [0.5, 0.6) is 0 Å². The van der Waals surface area contributed by atoms with Crippen molar-refractivity contribution in [3.63, 3.8) is 0 Å². The number of anilines is 1. The molecule has 3 aromatic rings. The van der Waals surface area contributed by atoms with E-state index in [9.17, 15) is 9.90 Å². The number of hydrogen-bond acceptors (Lipinski definition) is 4. The lowest BCUT2D eigenvalue weighted by Gasteiger charge is -2.28. The van der Waals surface area contributed by atoms with E-state index < -0.39 is 5.91 Å². The van der Waals surface area contributed by atoms with Gasteiger partial charge in [0.1, 0.15) is 0 Å². The zero-order chi connectivity index (χ0) is 18.8. The number of fused-ring (bicyclic) bond motifs is 1. The number of rotatable bonds is 4. The number of nitrogens with one attached hydrogen (secondary N) is 1. The summed E-state index contributed by atoms with van der Waals surface area (Å²) in [5.74, 6) is -0.453. The van der Waals surface area contributed by atoms with Gasteiger partial charge in [0, 0.05) is 28.9 Å². The highest BCUT2D eigenvalue weighted by molar-refractivity contribution is 6.01. The molecule has 0 radical (unpaired) electrons. The third-order valence-electron chi connectivity index (χ3n) is 5.29. The predicted molar refractivity (Wildman–Crippen MR) is 108 cm³/mol. The number of aromatic nitrogens is 1. The fourth-order valence-corrected chi connectivity index (χ4v) is 3.82. The number of carbonyl (C=O) groups excluding carboxylic acids is 1. The number of aliphatic hydroxyl groups is 1. The van der Waals surface area contributed by atoms with E-state index in [1.807, 2.05) is 30.3 Å². The number of primary amides is 1. The van der Waals surface area contributed by atoms with Crippen molar-refractivity contribution in [2.45, 2.75) is 37.8 Å². The van der Waals surface area contributed by atoms with Crippen LogP contribution in [0.25, 0.3) is 22.0 Å². The first-order valence-electron chi connectivity index (χ1n) is 9.34. The van der Waals surface area contributed by atoms with Crippen LogP contribution in [-0.2, 0) is 0 Å². The molecule has 2 aromatic carbocycles. The van der Waals surface area contributed by atoms with E-state index in [0.717, 1.165) is 53.4 Å². The molecule has 0 spiro atoms. The molecular weight excluding hydrogens is 338 g/mol. The molecule has 27 heavy (non-hydrogen) atoms. The second kappa shape index (κ2) is 7.37.